The Kier molecular flexibility index (Phi) is 5.61. The van der Waals surface area contributed by atoms with Gasteiger partial charge in [0, 0.05) is 39.8 Å². The summed E-state index contributed by atoms with van der Waals surface area (Å²) in [6.07, 6.45) is -0.0690. The first-order valence-electron chi connectivity index (χ1n) is 8.81. The molecule has 10 heteroatoms. The molecule has 10 nitrogen and oxygen atoms in total. The van der Waals surface area contributed by atoms with Gasteiger partial charge in [-0.05, 0) is 6.92 Å². The number of nitrogens with one attached hydrogen (secondary N) is 2. The van der Waals surface area contributed by atoms with Crippen molar-refractivity contribution in [2.75, 3.05) is 42.9 Å². The number of piperazine rings is 1. The van der Waals surface area contributed by atoms with E-state index in [-0.39, 0.29) is 18.5 Å². The minimum Gasteiger partial charge on any atom is -0.481 e. The Labute approximate surface area is 156 Å². The van der Waals surface area contributed by atoms with Crippen molar-refractivity contribution < 1.29 is 9.90 Å². The highest BCUT2D eigenvalue weighted by Gasteiger charge is 2.22. The molecule has 1 aliphatic rings. The van der Waals surface area contributed by atoms with Crippen LogP contribution < -0.4 is 21.1 Å². The van der Waals surface area contributed by atoms with E-state index in [4.69, 9.17) is 5.11 Å². The Hall–Kier alpha value is -3.06. The third-order valence-electron chi connectivity index (χ3n) is 4.40. The molecule has 144 valence electrons. The molecule has 0 aliphatic carbocycles. The second-order valence-electron chi connectivity index (χ2n) is 6.20. The van der Waals surface area contributed by atoms with E-state index >= 15 is 0 Å². The summed E-state index contributed by atoms with van der Waals surface area (Å²) in [6.45, 7) is 5.54. The molecule has 0 radical (unpaired) electrons. The molecule has 1 saturated heterocycles. The number of aliphatic carboxylic acids is 1. The number of aromatic nitrogens is 4. The zero-order valence-corrected chi connectivity index (χ0v) is 15.4. The van der Waals surface area contributed by atoms with Crippen LogP contribution in [-0.4, -0.2) is 62.9 Å². The van der Waals surface area contributed by atoms with Crippen molar-refractivity contribution in [2.24, 2.45) is 7.05 Å². The first-order valence-corrected chi connectivity index (χ1v) is 8.81. The topological polar surface area (TPSA) is 117 Å². The molecular formula is C17H23N7O3. The van der Waals surface area contributed by atoms with E-state index < -0.39 is 5.97 Å². The van der Waals surface area contributed by atoms with Crippen molar-refractivity contribution in [3.63, 3.8) is 0 Å². The lowest BCUT2D eigenvalue weighted by Crippen LogP contribution is -2.44. The predicted molar refractivity (Wildman–Crippen MR) is 102 cm³/mol. The summed E-state index contributed by atoms with van der Waals surface area (Å²) in [7, 11) is 1.60. The van der Waals surface area contributed by atoms with E-state index in [0.717, 1.165) is 26.2 Å². The molecule has 2 aromatic heterocycles. The summed E-state index contributed by atoms with van der Waals surface area (Å²) in [5.41, 5.74) is 0.490. The van der Waals surface area contributed by atoms with Crippen LogP contribution in [0.2, 0.25) is 0 Å². The zero-order chi connectivity index (χ0) is 19.4. The van der Waals surface area contributed by atoms with E-state index in [1.807, 2.05) is 4.57 Å². The van der Waals surface area contributed by atoms with Crippen molar-refractivity contribution >= 4 is 29.0 Å². The van der Waals surface area contributed by atoms with Gasteiger partial charge in [0.2, 0.25) is 11.9 Å². The normalized spacial score (nSPS) is 14.1. The Balaban J connectivity index is 2.07. The molecule has 0 spiro atoms. The Morgan fingerprint density at radius 1 is 1.33 bits per heavy atom. The number of fused-ring (bicyclic) bond motifs is 1. The zero-order valence-electron chi connectivity index (χ0n) is 15.4. The maximum Gasteiger partial charge on any atom is 0.305 e. The lowest BCUT2D eigenvalue weighted by molar-refractivity contribution is -0.136. The van der Waals surface area contributed by atoms with Crippen LogP contribution in [0.4, 0.5) is 11.9 Å². The molecule has 0 atom stereocenters. The van der Waals surface area contributed by atoms with E-state index in [9.17, 15) is 9.59 Å². The SMILES string of the molecule is CC#CCn1c(N2CCNCC2)nc2nc(NCCC(=O)O)n(C)c(=O)c21. The van der Waals surface area contributed by atoms with Gasteiger partial charge >= 0.3 is 5.97 Å². The second-order valence-corrected chi connectivity index (χ2v) is 6.20. The summed E-state index contributed by atoms with van der Waals surface area (Å²) in [5.74, 6) is 5.92. The fourth-order valence-corrected chi connectivity index (χ4v) is 3.00. The third-order valence-corrected chi connectivity index (χ3v) is 4.40. The molecule has 0 saturated carbocycles. The molecule has 1 fully saturated rings. The molecule has 0 bridgehead atoms. The van der Waals surface area contributed by atoms with Crippen molar-refractivity contribution in [1.82, 2.24) is 24.4 Å². The first kappa shape index (κ1) is 18.7. The smallest absolute Gasteiger partial charge is 0.305 e. The molecule has 27 heavy (non-hydrogen) atoms. The van der Waals surface area contributed by atoms with Crippen LogP contribution in [0.5, 0.6) is 0 Å². The molecule has 0 unspecified atom stereocenters. The quantitative estimate of drug-likeness (QED) is 0.578. The number of imidazole rings is 1. The van der Waals surface area contributed by atoms with Crippen LogP contribution in [0.1, 0.15) is 13.3 Å². The van der Waals surface area contributed by atoms with Gasteiger partial charge < -0.3 is 20.6 Å². The fourth-order valence-electron chi connectivity index (χ4n) is 3.00. The van der Waals surface area contributed by atoms with Gasteiger partial charge in [-0.25, -0.2) is 0 Å². The Morgan fingerprint density at radius 3 is 2.74 bits per heavy atom. The van der Waals surface area contributed by atoms with Gasteiger partial charge in [-0.15, -0.1) is 5.92 Å². The van der Waals surface area contributed by atoms with Gasteiger partial charge in [0.1, 0.15) is 0 Å². The van der Waals surface area contributed by atoms with E-state index in [0.29, 0.717) is 29.6 Å². The Bertz CT molecular complexity index is 961. The summed E-state index contributed by atoms with van der Waals surface area (Å²) < 4.78 is 3.19. The van der Waals surface area contributed by atoms with Crippen LogP contribution in [0.25, 0.3) is 11.2 Å². The number of nitrogens with zero attached hydrogens (tertiary/aromatic N) is 5. The number of hydrogen-bond donors (Lipinski definition) is 3. The fraction of sp³-hybridized carbons (Fsp3) is 0.529. The number of carboxylic acid groups (broad SMARTS) is 1. The number of carbonyl (C=O) groups is 1. The molecular weight excluding hydrogens is 350 g/mol. The van der Waals surface area contributed by atoms with Gasteiger partial charge in [0.05, 0.1) is 13.0 Å². The van der Waals surface area contributed by atoms with Crippen LogP contribution in [0, 0.1) is 11.8 Å². The van der Waals surface area contributed by atoms with Gasteiger partial charge in [0.25, 0.3) is 5.56 Å². The first-order chi connectivity index (χ1) is 13.0. The lowest BCUT2D eigenvalue weighted by Gasteiger charge is -2.28. The third kappa shape index (κ3) is 3.88. The molecule has 0 aromatic carbocycles. The van der Waals surface area contributed by atoms with Crippen LogP contribution in [0.15, 0.2) is 4.79 Å². The summed E-state index contributed by atoms with van der Waals surface area (Å²) in [6, 6.07) is 0. The minimum atomic E-state index is -0.919. The molecule has 2 aromatic rings. The average molecular weight is 373 g/mol. The van der Waals surface area contributed by atoms with Crippen molar-refractivity contribution in [2.45, 2.75) is 19.9 Å². The molecule has 0 amide bonds. The van der Waals surface area contributed by atoms with E-state index in [1.165, 1.54) is 4.57 Å². The lowest BCUT2D eigenvalue weighted by atomic mass is 10.4. The molecule has 3 N–H and O–H groups in total. The number of carboxylic acids is 1. The van der Waals surface area contributed by atoms with Gasteiger partial charge in [-0.2, -0.15) is 9.97 Å². The van der Waals surface area contributed by atoms with Crippen molar-refractivity contribution in [1.29, 1.82) is 0 Å². The summed E-state index contributed by atoms with van der Waals surface area (Å²) in [5, 5.41) is 15.0. The van der Waals surface area contributed by atoms with Gasteiger partial charge in [-0.3, -0.25) is 18.7 Å². The highest BCUT2D eigenvalue weighted by Crippen LogP contribution is 2.20. The predicted octanol–water partition coefficient (Wildman–Crippen LogP) is -0.550. The second kappa shape index (κ2) is 8.09. The molecule has 1 aliphatic heterocycles. The summed E-state index contributed by atoms with van der Waals surface area (Å²) in [4.78, 5) is 34.8. The average Bonchev–Trinajstić information content (AvgIpc) is 3.02. The highest BCUT2D eigenvalue weighted by atomic mass is 16.4. The summed E-state index contributed by atoms with van der Waals surface area (Å²) >= 11 is 0. The largest absolute Gasteiger partial charge is 0.481 e. The van der Waals surface area contributed by atoms with Gasteiger partial charge in [-0.1, -0.05) is 5.92 Å². The van der Waals surface area contributed by atoms with E-state index in [1.54, 1.807) is 14.0 Å². The number of hydrogen-bond acceptors (Lipinski definition) is 7. The van der Waals surface area contributed by atoms with Crippen molar-refractivity contribution in [3.8, 4) is 11.8 Å². The molecule has 3 heterocycles. The van der Waals surface area contributed by atoms with Gasteiger partial charge in [0.15, 0.2) is 11.2 Å². The number of rotatable bonds is 6. The van der Waals surface area contributed by atoms with E-state index in [2.05, 4.69) is 37.3 Å². The van der Waals surface area contributed by atoms with Crippen LogP contribution in [-0.2, 0) is 18.4 Å². The number of anilines is 2. The highest BCUT2D eigenvalue weighted by molar-refractivity contribution is 5.76. The maximum absolute atomic E-state index is 13.0. The standard InChI is InChI=1S/C17H23N7O3/c1-3-4-9-24-13-14(21-17(24)23-10-7-18-8-11-23)20-16(22(2)15(13)27)19-6-5-12(25)26/h18H,5-11H2,1-2H3,(H,19,20)(H,25,26). The Morgan fingerprint density at radius 2 is 2.07 bits per heavy atom. The monoisotopic (exact) mass is 373 g/mol. The minimum absolute atomic E-state index is 0.0690. The van der Waals surface area contributed by atoms with Crippen LogP contribution in [0.3, 0.4) is 0 Å². The maximum atomic E-state index is 13.0. The molecule has 3 rings (SSSR count). The van der Waals surface area contributed by atoms with Crippen LogP contribution >= 0.6 is 0 Å². The van der Waals surface area contributed by atoms with Crippen molar-refractivity contribution in [3.05, 3.63) is 10.4 Å².